The minimum Gasteiger partial charge on any atom is -0.493 e. The Morgan fingerprint density at radius 2 is 1.33 bits per heavy atom. The first-order valence-corrected chi connectivity index (χ1v) is 6.61. The Kier molecular flexibility index (Phi) is 4.82. The molecule has 0 fully saturated rings. The molecule has 0 N–H and O–H groups in total. The molecule has 0 aliphatic carbocycles. The first-order valence-electron chi connectivity index (χ1n) is 6.61. The molecule has 2 aromatic rings. The maximum atomic E-state index is 5.34. The second-order valence-electron chi connectivity index (χ2n) is 4.59. The van der Waals surface area contributed by atoms with Crippen LogP contribution >= 0.6 is 0 Å². The van der Waals surface area contributed by atoms with E-state index < -0.39 is 0 Å². The second kappa shape index (κ2) is 6.79. The van der Waals surface area contributed by atoms with Gasteiger partial charge in [0.15, 0.2) is 23.9 Å². The van der Waals surface area contributed by atoms with Gasteiger partial charge in [0.1, 0.15) is 7.05 Å². The Morgan fingerprint density at radius 3 is 1.81 bits per heavy atom. The van der Waals surface area contributed by atoms with Crippen LogP contribution in [0.15, 0.2) is 36.7 Å². The summed E-state index contributed by atoms with van der Waals surface area (Å²) in [6, 6.07) is 7.94. The first kappa shape index (κ1) is 14.9. The highest BCUT2D eigenvalue weighted by molar-refractivity contribution is 5.72. The van der Waals surface area contributed by atoms with E-state index in [4.69, 9.17) is 14.2 Å². The summed E-state index contributed by atoms with van der Waals surface area (Å²) in [7, 11) is 6.82. The lowest BCUT2D eigenvalue weighted by Gasteiger charge is -2.12. The maximum Gasteiger partial charge on any atom is 0.203 e. The van der Waals surface area contributed by atoms with Gasteiger partial charge in [0.05, 0.1) is 21.3 Å². The summed E-state index contributed by atoms with van der Waals surface area (Å²) in [6.45, 7) is 0. The molecule has 0 radical (unpaired) electrons. The number of aryl methyl sites for hydroxylation is 1. The third-order valence-corrected chi connectivity index (χ3v) is 3.16. The van der Waals surface area contributed by atoms with Gasteiger partial charge in [-0.05, 0) is 23.3 Å². The molecule has 0 aliphatic heterocycles. The largest absolute Gasteiger partial charge is 0.493 e. The monoisotopic (exact) mass is 286 g/mol. The van der Waals surface area contributed by atoms with Gasteiger partial charge in [-0.3, -0.25) is 0 Å². The maximum absolute atomic E-state index is 5.34. The highest BCUT2D eigenvalue weighted by Crippen LogP contribution is 2.38. The molecule has 0 unspecified atom stereocenters. The van der Waals surface area contributed by atoms with Gasteiger partial charge in [-0.1, -0.05) is 12.2 Å². The van der Waals surface area contributed by atoms with Crippen molar-refractivity contribution in [2.75, 3.05) is 21.3 Å². The van der Waals surface area contributed by atoms with E-state index >= 15 is 0 Å². The molecule has 1 heterocycles. The normalized spacial score (nSPS) is 10.7. The predicted octanol–water partition coefficient (Wildman–Crippen LogP) is 2.71. The van der Waals surface area contributed by atoms with Crippen LogP contribution in [0.3, 0.4) is 0 Å². The van der Waals surface area contributed by atoms with Crippen LogP contribution in [0.2, 0.25) is 0 Å². The number of aromatic nitrogens is 1. The van der Waals surface area contributed by atoms with E-state index in [1.165, 1.54) is 0 Å². The number of nitrogens with zero attached hydrogens (tertiary/aromatic N) is 1. The fraction of sp³-hybridized carbons (Fsp3) is 0.235. The van der Waals surface area contributed by atoms with E-state index in [0.29, 0.717) is 17.2 Å². The number of hydrogen-bond acceptors (Lipinski definition) is 3. The molecular weight excluding hydrogens is 266 g/mol. The Balaban J connectivity index is 2.33. The molecule has 1 aromatic carbocycles. The van der Waals surface area contributed by atoms with Gasteiger partial charge in [-0.25, -0.2) is 4.57 Å². The number of ether oxygens (including phenoxy) is 3. The number of methoxy groups -OCH3 is 3. The van der Waals surface area contributed by atoms with Crippen LogP contribution in [0.5, 0.6) is 17.2 Å². The second-order valence-corrected chi connectivity index (χ2v) is 4.59. The van der Waals surface area contributed by atoms with Crippen LogP contribution in [0.25, 0.3) is 12.2 Å². The fourth-order valence-corrected chi connectivity index (χ4v) is 2.01. The van der Waals surface area contributed by atoms with Crippen molar-refractivity contribution in [3.63, 3.8) is 0 Å². The van der Waals surface area contributed by atoms with Crippen LogP contribution in [-0.4, -0.2) is 21.3 Å². The molecule has 0 saturated heterocycles. The van der Waals surface area contributed by atoms with E-state index in [1.807, 2.05) is 48.3 Å². The van der Waals surface area contributed by atoms with Gasteiger partial charge >= 0.3 is 0 Å². The summed E-state index contributed by atoms with van der Waals surface area (Å²) < 4.78 is 18.0. The molecule has 0 bridgehead atoms. The Hall–Kier alpha value is -2.49. The predicted molar refractivity (Wildman–Crippen MR) is 82.6 cm³/mol. The lowest BCUT2D eigenvalue weighted by atomic mass is 10.1. The minimum absolute atomic E-state index is 0.601. The molecule has 0 saturated carbocycles. The van der Waals surface area contributed by atoms with Crippen LogP contribution in [-0.2, 0) is 7.05 Å². The molecule has 4 heteroatoms. The molecule has 4 nitrogen and oxygen atoms in total. The minimum atomic E-state index is 0.601. The van der Waals surface area contributed by atoms with Crippen molar-refractivity contribution >= 4 is 12.2 Å². The van der Waals surface area contributed by atoms with Crippen molar-refractivity contribution in [1.82, 2.24) is 0 Å². The number of benzene rings is 1. The van der Waals surface area contributed by atoms with Crippen molar-refractivity contribution in [3.8, 4) is 17.2 Å². The van der Waals surface area contributed by atoms with Crippen LogP contribution < -0.4 is 18.8 Å². The molecule has 0 aliphatic rings. The van der Waals surface area contributed by atoms with E-state index in [1.54, 1.807) is 21.3 Å². The molecule has 0 spiro atoms. The molecule has 110 valence electrons. The zero-order valence-corrected chi connectivity index (χ0v) is 12.8. The molecular formula is C17H20NO3+. The highest BCUT2D eigenvalue weighted by Gasteiger charge is 2.11. The third-order valence-electron chi connectivity index (χ3n) is 3.16. The van der Waals surface area contributed by atoms with Crippen molar-refractivity contribution < 1.29 is 18.8 Å². The summed E-state index contributed by atoms with van der Waals surface area (Å²) in [5, 5.41) is 0. The average molecular weight is 286 g/mol. The van der Waals surface area contributed by atoms with Crippen LogP contribution in [0, 0.1) is 0 Å². The fourth-order valence-electron chi connectivity index (χ4n) is 2.01. The van der Waals surface area contributed by atoms with Crippen molar-refractivity contribution in [1.29, 1.82) is 0 Å². The number of rotatable bonds is 5. The quantitative estimate of drug-likeness (QED) is 0.792. The first-order chi connectivity index (χ1) is 10.2. The van der Waals surface area contributed by atoms with E-state index in [0.717, 1.165) is 11.1 Å². The van der Waals surface area contributed by atoms with E-state index in [2.05, 4.69) is 12.1 Å². The summed E-state index contributed by atoms with van der Waals surface area (Å²) >= 11 is 0. The van der Waals surface area contributed by atoms with Gasteiger partial charge in [0.2, 0.25) is 5.75 Å². The molecule has 0 atom stereocenters. The Bertz CT molecular complexity index is 608. The summed E-state index contributed by atoms with van der Waals surface area (Å²) in [5.74, 6) is 1.90. The van der Waals surface area contributed by atoms with Gasteiger partial charge in [0, 0.05) is 12.1 Å². The van der Waals surface area contributed by atoms with Crippen LogP contribution in [0.4, 0.5) is 0 Å². The SMILES string of the molecule is COc1cc(/C=C\c2cc[n+](C)cc2)cc(OC)c1OC. The standard InChI is InChI=1S/C17H20NO3/c1-18-9-7-13(8-10-18)5-6-14-11-15(19-2)17(21-4)16(12-14)20-3/h5-12H,1-4H3/q+1/b6-5-. The topological polar surface area (TPSA) is 31.6 Å². The lowest BCUT2D eigenvalue weighted by Crippen LogP contribution is -2.25. The van der Waals surface area contributed by atoms with Crippen molar-refractivity contribution in [2.45, 2.75) is 0 Å². The highest BCUT2D eigenvalue weighted by atomic mass is 16.5. The number of pyridine rings is 1. The molecule has 21 heavy (non-hydrogen) atoms. The van der Waals surface area contributed by atoms with Gasteiger partial charge in [-0.15, -0.1) is 0 Å². The van der Waals surface area contributed by atoms with Gasteiger partial charge in [0.25, 0.3) is 0 Å². The zero-order valence-electron chi connectivity index (χ0n) is 12.8. The Morgan fingerprint density at radius 1 is 0.810 bits per heavy atom. The average Bonchev–Trinajstić information content (AvgIpc) is 2.53. The molecule has 0 amide bonds. The molecule has 1 aromatic heterocycles. The Labute approximate surface area is 125 Å². The zero-order chi connectivity index (χ0) is 15.2. The smallest absolute Gasteiger partial charge is 0.203 e. The third kappa shape index (κ3) is 3.54. The van der Waals surface area contributed by atoms with Crippen molar-refractivity contribution in [3.05, 3.63) is 47.8 Å². The van der Waals surface area contributed by atoms with Gasteiger partial charge in [-0.2, -0.15) is 0 Å². The molecule has 2 rings (SSSR count). The van der Waals surface area contributed by atoms with Crippen molar-refractivity contribution in [2.24, 2.45) is 7.05 Å². The van der Waals surface area contributed by atoms with Crippen LogP contribution in [0.1, 0.15) is 11.1 Å². The summed E-state index contributed by atoms with van der Waals surface area (Å²) in [6.07, 6.45) is 8.07. The van der Waals surface area contributed by atoms with Gasteiger partial charge < -0.3 is 14.2 Å². The summed E-state index contributed by atoms with van der Waals surface area (Å²) in [4.78, 5) is 0. The summed E-state index contributed by atoms with van der Waals surface area (Å²) in [5.41, 5.74) is 2.11. The van der Waals surface area contributed by atoms with E-state index in [-0.39, 0.29) is 0 Å². The van der Waals surface area contributed by atoms with E-state index in [9.17, 15) is 0 Å². The number of hydrogen-bond donors (Lipinski definition) is 0. The lowest BCUT2D eigenvalue weighted by molar-refractivity contribution is -0.671.